The monoisotopic (exact) mass is 172 g/mol. The predicted octanol–water partition coefficient (Wildman–Crippen LogP) is 0.857. The third-order valence-electron chi connectivity index (χ3n) is 1.27. The summed E-state index contributed by atoms with van der Waals surface area (Å²) in [6.45, 7) is 1.92. The number of halogens is 1. The van der Waals surface area contributed by atoms with Gasteiger partial charge in [-0.2, -0.15) is 0 Å². The van der Waals surface area contributed by atoms with Gasteiger partial charge in [0, 0.05) is 6.42 Å². The predicted molar refractivity (Wildman–Crippen MR) is 45.2 cm³/mol. The van der Waals surface area contributed by atoms with Crippen LogP contribution < -0.4 is 11.5 Å². The summed E-state index contributed by atoms with van der Waals surface area (Å²) < 4.78 is 0. The maximum Gasteiger partial charge on any atom is 0.148 e. The lowest BCUT2D eigenvalue weighted by atomic mass is 10.4. The molecule has 0 radical (unpaired) electrons. The number of nitrogen functional groups attached to an aromatic ring is 2. The molecule has 5 heteroatoms. The minimum atomic E-state index is 0.238. The van der Waals surface area contributed by atoms with Crippen LogP contribution in [0.4, 0.5) is 11.6 Å². The first-order chi connectivity index (χ1) is 5.15. The molecular formula is C6H9ClN4. The first kappa shape index (κ1) is 8.07. The van der Waals surface area contributed by atoms with E-state index in [9.17, 15) is 0 Å². The summed E-state index contributed by atoms with van der Waals surface area (Å²) in [5, 5.41) is 0.238. The molecule has 0 aliphatic carbocycles. The first-order valence-electron chi connectivity index (χ1n) is 3.22. The van der Waals surface area contributed by atoms with Gasteiger partial charge in [-0.1, -0.05) is 18.5 Å². The van der Waals surface area contributed by atoms with Crippen LogP contribution in [-0.2, 0) is 6.42 Å². The zero-order valence-electron chi connectivity index (χ0n) is 6.13. The quantitative estimate of drug-likeness (QED) is 0.659. The van der Waals surface area contributed by atoms with Gasteiger partial charge in [0.25, 0.3) is 0 Å². The Morgan fingerprint density at radius 3 is 2.09 bits per heavy atom. The average Bonchev–Trinajstić information content (AvgIpc) is 1.99. The summed E-state index contributed by atoms with van der Waals surface area (Å²) in [6.07, 6.45) is 0.700. The second kappa shape index (κ2) is 2.92. The molecule has 0 bridgehead atoms. The fourth-order valence-electron chi connectivity index (χ4n) is 0.691. The van der Waals surface area contributed by atoms with Gasteiger partial charge in [0.05, 0.1) is 0 Å². The highest BCUT2D eigenvalue weighted by Crippen LogP contribution is 2.21. The van der Waals surface area contributed by atoms with Crippen LogP contribution in [0.3, 0.4) is 0 Å². The van der Waals surface area contributed by atoms with Gasteiger partial charge in [0.2, 0.25) is 0 Å². The van der Waals surface area contributed by atoms with E-state index < -0.39 is 0 Å². The Labute approximate surface area is 69.6 Å². The van der Waals surface area contributed by atoms with Crippen molar-refractivity contribution in [1.82, 2.24) is 9.97 Å². The van der Waals surface area contributed by atoms with Crippen molar-refractivity contribution in [2.24, 2.45) is 0 Å². The summed E-state index contributed by atoms with van der Waals surface area (Å²) in [5.41, 5.74) is 10.9. The molecule has 0 saturated carbocycles. The maximum absolute atomic E-state index is 5.63. The first-order valence-corrected chi connectivity index (χ1v) is 3.60. The van der Waals surface area contributed by atoms with E-state index in [1.165, 1.54) is 0 Å². The minimum Gasteiger partial charge on any atom is -0.382 e. The Hall–Kier alpha value is -1.03. The Morgan fingerprint density at radius 2 is 1.73 bits per heavy atom. The summed E-state index contributed by atoms with van der Waals surface area (Å²) in [5.74, 6) is 1.11. The maximum atomic E-state index is 5.63. The molecule has 60 valence electrons. The van der Waals surface area contributed by atoms with E-state index in [2.05, 4.69) is 9.97 Å². The Morgan fingerprint density at radius 1 is 1.27 bits per heavy atom. The molecule has 0 amide bonds. The molecule has 1 aromatic heterocycles. The molecule has 0 fully saturated rings. The molecule has 0 spiro atoms. The fraction of sp³-hybridized carbons (Fsp3) is 0.333. The highest BCUT2D eigenvalue weighted by molar-refractivity contribution is 6.34. The van der Waals surface area contributed by atoms with Crippen LogP contribution >= 0.6 is 11.6 Å². The van der Waals surface area contributed by atoms with Gasteiger partial charge >= 0.3 is 0 Å². The van der Waals surface area contributed by atoms with Crippen LogP contribution in [0.15, 0.2) is 0 Å². The SMILES string of the molecule is CCc1nc(N)c(Cl)c(N)n1. The molecule has 4 N–H and O–H groups in total. The summed E-state index contributed by atoms with van der Waals surface area (Å²) in [6, 6.07) is 0. The van der Waals surface area contributed by atoms with Crippen LogP contribution in [0.25, 0.3) is 0 Å². The van der Waals surface area contributed by atoms with Gasteiger partial charge < -0.3 is 11.5 Å². The molecule has 11 heavy (non-hydrogen) atoms. The highest BCUT2D eigenvalue weighted by atomic mass is 35.5. The number of aromatic nitrogens is 2. The normalized spacial score (nSPS) is 10.0. The number of nitrogens with two attached hydrogens (primary N) is 2. The average molecular weight is 173 g/mol. The zero-order valence-corrected chi connectivity index (χ0v) is 6.89. The van der Waals surface area contributed by atoms with E-state index in [1.54, 1.807) is 0 Å². The second-order valence-electron chi connectivity index (χ2n) is 2.08. The van der Waals surface area contributed by atoms with E-state index in [0.717, 1.165) is 0 Å². The van der Waals surface area contributed by atoms with E-state index in [0.29, 0.717) is 12.2 Å². The molecule has 1 heterocycles. The lowest BCUT2D eigenvalue weighted by Gasteiger charge is -2.02. The van der Waals surface area contributed by atoms with E-state index in [4.69, 9.17) is 23.1 Å². The van der Waals surface area contributed by atoms with E-state index in [-0.39, 0.29) is 16.7 Å². The fourth-order valence-corrected chi connectivity index (χ4v) is 0.775. The molecular weight excluding hydrogens is 164 g/mol. The van der Waals surface area contributed by atoms with Gasteiger partial charge in [-0.15, -0.1) is 0 Å². The molecule has 1 aromatic rings. The number of hydrogen-bond acceptors (Lipinski definition) is 4. The molecule has 0 aliphatic rings. The lowest BCUT2D eigenvalue weighted by Crippen LogP contribution is -2.03. The van der Waals surface area contributed by atoms with Crippen LogP contribution in [-0.4, -0.2) is 9.97 Å². The Bertz CT molecular complexity index is 250. The van der Waals surface area contributed by atoms with Crippen molar-refractivity contribution in [1.29, 1.82) is 0 Å². The zero-order chi connectivity index (χ0) is 8.43. The number of hydrogen-bond donors (Lipinski definition) is 2. The van der Waals surface area contributed by atoms with Gasteiger partial charge in [-0.25, -0.2) is 9.97 Å². The van der Waals surface area contributed by atoms with Crippen LogP contribution in [0.1, 0.15) is 12.7 Å². The molecule has 0 saturated heterocycles. The number of aryl methyl sites for hydroxylation is 1. The van der Waals surface area contributed by atoms with Gasteiger partial charge in [0.1, 0.15) is 22.5 Å². The van der Waals surface area contributed by atoms with Crippen molar-refractivity contribution in [2.45, 2.75) is 13.3 Å². The van der Waals surface area contributed by atoms with E-state index in [1.807, 2.05) is 6.92 Å². The van der Waals surface area contributed by atoms with Crippen molar-refractivity contribution in [2.75, 3.05) is 11.5 Å². The molecule has 0 unspecified atom stereocenters. The molecule has 1 rings (SSSR count). The largest absolute Gasteiger partial charge is 0.382 e. The molecule has 0 atom stereocenters. The number of rotatable bonds is 1. The van der Waals surface area contributed by atoms with Crippen LogP contribution in [0, 0.1) is 0 Å². The molecule has 0 aromatic carbocycles. The van der Waals surface area contributed by atoms with Crippen molar-refractivity contribution in [3.8, 4) is 0 Å². The third kappa shape index (κ3) is 1.51. The van der Waals surface area contributed by atoms with E-state index >= 15 is 0 Å². The van der Waals surface area contributed by atoms with Crippen molar-refractivity contribution >= 4 is 23.2 Å². The lowest BCUT2D eigenvalue weighted by molar-refractivity contribution is 0.951. The number of anilines is 2. The second-order valence-corrected chi connectivity index (χ2v) is 2.46. The van der Waals surface area contributed by atoms with Crippen LogP contribution in [0.2, 0.25) is 5.02 Å². The van der Waals surface area contributed by atoms with Crippen molar-refractivity contribution in [3.05, 3.63) is 10.8 Å². The summed E-state index contributed by atoms with van der Waals surface area (Å²) in [4.78, 5) is 7.81. The highest BCUT2D eigenvalue weighted by Gasteiger charge is 2.05. The van der Waals surface area contributed by atoms with Gasteiger partial charge in [-0.05, 0) is 0 Å². The molecule has 0 aliphatic heterocycles. The Kier molecular flexibility index (Phi) is 2.14. The third-order valence-corrected chi connectivity index (χ3v) is 1.65. The Balaban J connectivity index is 3.21. The topological polar surface area (TPSA) is 77.8 Å². The standard InChI is InChI=1S/C6H9ClN4/c1-2-3-10-5(8)4(7)6(9)11-3/h2H2,1H3,(H4,8,9,10,11). The molecule has 4 nitrogen and oxygen atoms in total. The van der Waals surface area contributed by atoms with Gasteiger partial charge in [0.15, 0.2) is 0 Å². The minimum absolute atomic E-state index is 0.238. The van der Waals surface area contributed by atoms with Gasteiger partial charge in [-0.3, -0.25) is 0 Å². The van der Waals surface area contributed by atoms with Crippen molar-refractivity contribution in [3.63, 3.8) is 0 Å². The van der Waals surface area contributed by atoms with Crippen LogP contribution in [0.5, 0.6) is 0 Å². The smallest absolute Gasteiger partial charge is 0.148 e. The summed E-state index contributed by atoms with van der Waals surface area (Å²) in [7, 11) is 0. The summed E-state index contributed by atoms with van der Waals surface area (Å²) >= 11 is 5.63. The van der Waals surface area contributed by atoms with Crippen molar-refractivity contribution < 1.29 is 0 Å². The number of nitrogens with zero attached hydrogens (tertiary/aromatic N) is 2.